The van der Waals surface area contributed by atoms with E-state index in [1.807, 2.05) is 11.9 Å². The van der Waals surface area contributed by atoms with Crippen molar-refractivity contribution in [3.63, 3.8) is 0 Å². The summed E-state index contributed by atoms with van der Waals surface area (Å²) in [5, 5.41) is 11.4. The number of carboxylic acid groups (broad SMARTS) is 1. The zero-order valence-electron chi connectivity index (χ0n) is 10.2. The minimum Gasteiger partial charge on any atom is -0.478 e. The standard InChI is InChI=1S/C12H15BrN2O3/c1-14-11(16)7-15(2)6-9-4-3-8(12(17)18)5-10(9)13/h3-5H,6-7H2,1-2H3,(H,14,16)(H,17,18). The number of rotatable bonds is 5. The molecule has 1 aromatic carbocycles. The van der Waals surface area contributed by atoms with E-state index in [1.165, 1.54) is 0 Å². The molecule has 0 radical (unpaired) electrons. The van der Waals surface area contributed by atoms with E-state index in [9.17, 15) is 9.59 Å². The second-order valence-corrected chi connectivity index (χ2v) is 4.81. The Morgan fingerprint density at radius 2 is 2.11 bits per heavy atom. The second kappa shape index (κ2) is 6.51. The maximum absolute atomic E-state index is 11.2. The number of carboxylic acids is 1. The summed E-state index contributed by atoms with van der Waals surface area (Å²) in [5.74, 6) is -1.02. The van der Waals surface area contributed by atoms with E-state index in [4.69, 9.17) is 5.11 Å². The highest BCUT2D eigenvalue weighted by molar-refractivity contribution is 9.10. The number of nitrogens with one attached hydrogen (secondary N) is 1. The molecule has 0 unspecified atom stereocenters. The molecular weight excluding hydrogens is 300 g/mol. The van der Waals surface area contributed by atoms with Crippen molar-refractivity contribution in [1.29, 1.82) is 0 Å². The number of hydrogen-bond donors (Lipinski definition) is 2. The molecule has 0 atom stereocenters. The van der Waals surface area contributed by atoms with Gasteiger partial charge in [-0.15, -0.1) is 0 Å². The van der Waals surface area contributed by atoms with Gasteiger partial charge in [0.05, 0.1) is 12.1 Å². The van der Waals surface area contributed by atoms with Gasteiger partial charge < -0.3 is 10.4 Å². The minimum absolute atomic E-state index is 0.0595. The SMILES string of the molecule is CNC(=O)CN(C)Cc1ccc(C(=O)O)cc1Br. The number of halogens is 1. The van der Waals surface area contributed by atoms with Crippen LogP contribution in [0.3, 0.4) is 0 Å². The van der Waals surface area contributed by atoms with Crippen molar-refractivity contribution in [3.8, 4) is 0 Å². The number of likely N-dealkylation sites (N-methyl/N-ethyl adjacent to an activating group) is 2. The summed E-state index contributed by atoms with van der Waals surface area (Å²) < 4.78 is 0.728. The van der Waals surface area contributed by atoms with Gasteiger partial charge in [0, 0.05) is 18.1 Å². The second-order valence-electron chi connectivity index (χ2n) is 3.96. The van der Waals surface area contributed by atoms with Crippen LogP contribution in [0.5, 0.6) is 0 Å². The Morgan fingerprint density at radius 3 is 2.61 bits per heavy atom. The maximum atomic E-state index is 11.2. The Labute approximate surface area is 114 Å². The number of carbonyl (C=O) groups excluding carboxylic acids is 1. The van der Waals surface area contributed by atoms with Crippen molar-refractivity contribution in [1.82, 2.24) is 10.2 Å². The predicted octanol–water partition coefficient (Wildman–Crippen LogP) is 1.33. The predicted molar refractivity (Wildman–Crippen MR) is 71.5 cm³/mol. The smallest absolute Gasteiger partial charge is 0.335 e. The normalized spacial score (nSPS) is 10.4. The van der Waals surface area contributed by atoms with Crippen molar-refractivity contribution in [2.45, 2.75) is 6.54 Å². The van der Waals surface area contributed by atoms with Crippen molar-refractivity contribution < 1.29 is 14.7 Å². The number of hydrogen-bond acceptors (Lipinski definition) is 3. The van der Waals surface area contributed by atoms with E-state index >= 15 is 0 Å². The first-order valence-corrected chi connectivity index (χ1v) is 6.14. The molecule has 0 saturated heterocycles. The van der Waals surface area contributed by atoms with E-state index in [0.29, 0.717) is 13.1 Å². The highest BCUT2D eigenvalue weighted by Gasteiger charge is 2.10. The third-order valence-corrected chi connectivity index (χ3v) is 3.17. The first kappa shape index (κ1) is 14.7. The van der Waals surface area contributed by atoms with Crippen molar-refractivity contribution in [2.75, 3.05) is 20.6 Å². The van der Waals surface area contributed by atoms with Crippen LogP contribution in [0.1, 0.15) is 15.9 Å². The van der Waals surface area contributed by atoms with E-state index in [1.54, 1.807) is 25.2 Å². The molecule has 0 bridgehead atoms. The number of aromatic carboxylic acids is 1. The molecular formula is C12H15BrN2O3. The van der Waals surface area contributed by atoms with Crippen LogP contribution < -0.4 is 5.32 Å². The van der Waals surface area contributed by atoms with Crippen LogP contribution in [0.25, 0.3) is 0 Å². The molecule has 0 aromatic heterocycles. The van der Waals surface area contributed by atoms with Crippen molar-refractivity contribution in [2.24, 2.45) is 0 Å². The van der Waals surface area contributed by atoms with Crippen LogP contribution in [0.15, 0.2) is 22.7 Å². The van der Waals surface area contributed by atoms with Gasteiger partial charge in [-0.05, 0) is 24.7 Å². The lowest BCUT2D eigenvalue weighted by atomic mass is 10.1. The van der Waals surface area contributed by atoms with Crippen LogP contribution in [0.4, 0.5) is 0 Å². The maximum Gasteiger partial charge on any atom is 0.335 e. The fourth-order valence-electron chi connectivity index (χ4n) is 1.48. The van der Waals surface area contributed by atoms with Gasteiger partial charge in [-0.1, -0.05) is 22.0 Å². The lowest BCUT2D eigenvalue weighted by Gasteiger charge is -2.16. The molecule has 18 heavy (non-hydrogen) atoms. The minimum atomic E-state index is -0.957. The molecule has 1 aromatic rings. The third-order valence-electron chi connectivity index (χ3n) is 2.43. The lowest BCUT2D eigenvalue weighted by molar-refractivity contribution is -0.121. The Hall–Kier alpha value is -1.40. The van der Waals surface area contributed by atoms with Gasteiger partial charge in [0.25, 0.3) is 0 Å². The van der Waals surface area contributed by atoms with Crippen LogP contribution >= 0.6 is 15.9 Å². The highest BCUT2D eigenvalue weighted by atomic mass is 79.9. The molecule has 0 fully saturated rings. The molecule has 0 aliphatic rings. The fourth-order valence-corrected chi connectivity index (χ4v) is 1.98. The molecule has 0 heterocycles. The monoisotopic (exact) mass is 314 g/mol. The van der Waals surface area contributed by atoms with Crippen LogP contribution in [-0.4, -0.2) is 42.5 Å². The Kier molecular flexibility index (Phi) is 5.30. The van der Waals surface area contributed by atoms with Gasteiger partial charge >= 0.3 is 5.97 Å². The summed E-state index contributed by atoms with van der Waals surface area (Å²) in [6.45, 7) is 0.859. The molecule has 6 heteroatoms. The average molecular weight is 315 g/mol. The zero-order chi connectivity index (χ0) is 13.7. The summed E-state index contributed by atoms with van der Waals surface area (Å²) >= 11 is 3.34. The van der Waals surface area contributed by atoms with Gasteiger partial charge in [0.15, 0.2) is 0 Å². The number of carbonyl (C=O) groups is 2. The third kappa shape index (κ3) is 4.12. The summed E-state index contributed by atoms with van der Waals surface area (Å²) in [5.41, 5.74) is 1.17. The molecule has 5 nitrogen and oxygen atoms in total. The van der Waals surface area contributed by atoms with E-state index in [2.05, 4.69) is 21.2 Å². The number of benzene rings is 1. The fraction of sp³-hybridized carbons (Fsp3) is 0.333. The Balaban J connectivity index is 2.73. The van der Waals surface area contributed by atoms with Crippen LogP contribution in [0, 0.1) is 0 Å². The summed E-state index contributed by atoms with van der Waals surface area (Å²) in [6.07, 6.45) is 0. The number of amides is 1. The van der Waals surface area contributed by atoms with E-state index < -0.39 is 5.97 Å². The number of nitrogens with zero attached hydrogens (tertiary/aromatic N) is 1. The molecule has 1 amide bonds. The van der Waals surface area contributed by atoms with E-state index in [-0.39, 0.29) is 11.5 Å². The van der Waals surface area contributed by atoms with Gasteiger partial charge in [0.2, 0.25) is 5.91 Å². The van der Waals surface area contributed by atoms with Gasteiger partial charge in [0.1, 0.15) is 0 Å². The summed E-state index contributed by atoms with van der Waals surface area (Å²) in [4.78, 5) is 23.8. The molecule has 0 aliphatic carbocycles. The van der Waals surface area contributed by atoms with E-state index in [0.717, 1.165) is 10.0 Å². The van der Waals surface area contributed by atoms with Crippen molar-refractivity contribution >= 4 is 27.8 Å². The quantitative estimate of drug-likeness (QED) is 0.860. The lowest BCUT2D eigenvalue weighted by Crippen LogP contribution is -2.32. The Bertz CT molecular complexity index is 463. The van der Waals surface area contributed by atoms with Crippen molar-refractivity contribution in [3.05, 3.63) is 33.8 Å². The zero-order valence-corrected chi connectivity index (χ0v) is 11.8. The molecule has 2 N–H and O–H groups in total. The van der Waals surface area contributed by atoms with Crippen LogP contribution in [-0.2, 0) is 11.3 Å². The van der Waals surface area contributed by atoms with Gasteiger partial charge in [-0.2, -0.15) is 0 Å². The molecule has 1 rings (SSSR count). The first-order valence-electron chi connectivity index (χ1n) is 5.35. The van der Waals surface area contributed by atoms with Gasteiger partial charge in [-0.25, -0.2) is 4.79 Å². The summed E-state index contributed by atoms with van der Waals surface area (Å²) in [7, 11) is 3.42. The van der Waals surface area contributed by atoms with Gasteiger partial charge in [-0.3, -0.25) is 9.69 Å². The first-order chi connectivity index (χ1) is 8.43. The molecule has 0 aliphatic heterocycles. The largest absolute Gasteiger partial charge is 0.478 e. The summed E-state index contributed by atoms with van der Waals surface area (Å²) in [6, 6.07) is 4.86. The molecule has 0 spiro atoms. The molecule has 0 saturated carbocycles. The average Bonchev–Trinajstić information content (AvgIpc) is 2.31. The van der Waals surface area contributed by atoms with Crippen LogP contribution in [0.2, 0.25) is 0 Å². The molecule has 98 valence electrons. The Morgan fingerprint density at radius 1 is 1.44 bits per heavy atom. The highest BCUT2D eigenvalue weighted by Crippen LogP contribution is 2.20. The topological polar surface area (TPSA) is 69.6 Å².